The molecular formula is C13H19NO4Si. The highest BCUT2D eigenvalue weighted by molar-refractivity contribution is 6.88. The predicted octanol–water partition coefficient (Wildman–Crippen LogP) is 2.57. The van der Waals surface area contributed by atoms with E-state index in [1.807, 2.05) is 12.1 Å². The number of amides is 2. The zero-order chi connectivity index (χ0) is 14.6. The van der Waals surface area contributed by atoms with Crippen LogP contribution in [-0.4, -0.2) is 34.5 Å². The van der Waals surface area contributed by atoms with Gasteiger partial charge in [0.15, 0.2) is 0 Å². The third kappa shape index (κ3) is 3.57. The Morgan fingerprint density at radius 1 is 0.947 bits per heavy atom. The topological polar surface area (TPSA) is 55.8 Å². The summed E-state index contributed by atoms with van der Waals surface area (Å²) in [6, 6.07) is 7.31. The predicted molar refractivity (Wildman–Crippen MR) is 76.7 cm³/mol. The van der Waals surface area contributed by atoms with Gasteiger partial charge in [-0.1, -0.05) is 37.0 Å². The Kier molecular flexibility index (Phi) is 4.71. The van der Waals surface area contributed by atoms with Gasteiger partial charge in [0.05, 0.1) is 28.0 Å². The molecule has 104 valence electrons. The molecule has 0 radical (unpaired) electrons. The van der Waals surface area contributed by atoms with Crippen LogP contribution in [0.25, 0.3) is 0 Å². The number of carbonyl (C=O) groups is 2. The monoisotopic (exact) mass is 281 g/mol. The summed E-state index contributed by atoms with van der Waals surface area (Å²) in [4.78, 5) is 24.1. The average Bonchev–Trinajstić information content (AvgIpc) is 2.38. The van der Waals surface area contributed by atoms with Crippen LogP contribution < -0.4 is 10.1 Å². The van der Waals surface area contributed by atoms with Crippen molar-refractivity contribution in [1.82, 2.24) is 0 Å². The summed E-state index contributed by atoms with van der Waals surface area (Å²) >= 11 is 0. The van der Waals surface area contributed by atoms with E-state index < -0.39 is 20.3 Å². The molecule has 0 atom stereocenters. The van der Waals surface area contributed by atoms with Crippen LogP contribution in [0, 0.1) is 0 Å². The van der Waals surface area contributed by atoms with E-state index in [9.17, 15) is 9.59 Å². The fraction of sp³-hybridized carbons (Fsp3) is 0.385. The highest BCUT2D eigenvalue weighted by Crippen LogP contribution is 2.16. The van der Waals surface area contributed by atoms with Gasteiger partial charge in [0.1, 0.15) is 0 Å². The molecule has 1 aromatic carbocycles. The number of ether oxygens (including phenoxy) is 2. The molecule has 0 unspecified atom stereocenters. The van der Waals surface area contributed by atoms with Crippen molar-refractivity contribution in [3.8, 4) is 0 Å². The fourth-order valence-corrected chi connectivity index (χ4v) is 2.75. The van der Waals surface area contributed by atoms with Gasteiger partial charge in [-0.2, -0.15) is 4.90 Å². The summed E-state index contributed by atoms with van der Waals surface area (Å²) < 4.78 is 9.16. The Labute approximate surface area is 114 Å². The molecular weight excluding hydrogens is 262 g/mol. The van der Waals surface area contributed by atoms with Crippen molar-refractivity contribution in [2.45, 2.75) is 19.6 Å². The van der Waals surface area contributed by atoms with Crippen LogP contribution >= 0.6 is 0 Å². The lowest BCUT2D eigenvalue weighted by atomic mass is 10.3. The van der Waals surface area contributed by atoms with Gasteiger partial charge in [-0.25, -0.2) is 9.59 Å². The minimum Gasteiger partial charge on any atom is -0.452 e. The Hall–Kier alpha value is -1.82. The molecule has 0 N–H and O–H groups in total. The average molecular weight is 281 g/mol. The van der Waals surface area contributed by atoms with Crippen molar-refractivity contribution in [2.24, 2.45) is 0 Å². The smallest absolute Gasteiger partial charge is 0.423 e. The van der Waals surface area contributed by atoms with E-state index in [0.29, 0.717) is 5.69 Å². The van der Waals surface area contributed by atoms with Gasteiger partial charge < -0.3 is 9.47 Å². The largest absolute Gasteiger partial charge is 0.452 e. The standard InChI is InChI=1S/C13H19NO4Si/c1-17-12(15)14(13(16)18-2)10-6-8-11(9-7-10)19(3,4)5/h6-9H,1-5H3. The first-order valence-electron chi connectivity index (χ1n) is 5.88. The SMILES string of the molecule is COC(=O)N(C(=O)OC)c1ccc([Si](C)(C)C)cc1. The maximum Gasteiger partial charge on any atom is 0.423 e. The highest BCUT2D eigenvalue weighted by Gasteiger charge is 2.25. The number of anilines is 1. The van der Waals surface area contributed by atoms with E-state index in [0.717, 1.165) is 4.90 Å². The summed E-state index contributed by atoms with van der Waals surface area (Å²) in [5, 5.41) is 1.24. The zero-order valence-electron chi connectivity index (χ0n) is 11.9. The Balaban J connectivity index is 3.11. The van der Waals surface area contributed by atoms with E-state index >= 15 is 0 Å². The number of rotatable bonds is 2. The molecule has 6 heteroatoms. The van der Waals surface area contributed by atoms with Crippen LogP contribution in [0.2, 0.25) is 19.6 Å². The van der Waals surface area contributed by atoms with Crippen LogP contribution in [0.5, 0.6) is 0 Å². The zero-order valence-corrected chi connectivity index (χ0v) is 12.9. The lowest BCUT2D eigenvalue weighted by molar-refractivity contribution is 0.159. The second-order valence-corrected chi connectivity index (χ2v) is 10.1. The van der Waals surface area contributed by atoms with E-state index in [1.165, 1.54) is 19.4 Å². The molecule has 0 fully saturated rings. The van der Waals surface area contributed by atoms with Gasteiger partial charge >= 0.3 is 12.2 Å². The van der Waals surface area contributed by atoms with E-state index in [-0.39, 0.29) is 0 Å². The summed E-state index contributed by atoms with van der Waals surface area (Å²) in [5.41, 5.74) is 0.431. The molecule has 0 aliphatic heterocycles. The van der Waals surface area contributed by atoms with Gasteiger partial charge in [0.25, 0.3) is 0 Å². The molecule has 19 heavy (non-hydrogen) atoms. The number of hydrogen-bond acceptors (Lipinski definition) is 4. The van der Waals surface area contributed by atoms with Crippen molar-refractivity contribution in [3.05, 3.63) is 24.3 Å². The van der Waals surface area contributed by atoms with E-state index in [1.54, 1.807) is 12.1 Å². The van der Waals surface area contributed by atoms with Crippen molar-refractivity contribution in [1.29, 1.82) is 0 Å². The quantitative estimate of drug-likeness (QED) is 0.782. The molecule has 2 amide bonds. The molecule has 0 spiro atoms. The van der Waals surface area contributed by atoms with Crippen LogP contribution in [-0.2, 0) is 9.47 Å². The number of hydrogen-bond donors (Lipinski definition) is 0. The minimum absolute atomic E-state index is 0.431. The lowest BCUT2D eigenvalue weighted by Crippen LogP contribution is -2.39. The van der Waals surface area contributed by atoms with Gasteiger partial charge in [-0.3, -0.25) is 0 Å². The van der Waals surface area contributed by atoms with Gasteiger partial charge in [-0.15, -0.1) is 0 Å². The molecule has 0 aliphatic rings. The summed E-state index contributed by atoms with van der Waals surface area (Å²) in [6.45, 7) is 6.67. The second-order valence-electron chi connectivity index (χ2n) is 5.07. The molecule has 0 bridgehead atoms. The summed E-state index contributed by atoms with van der Waals surface area (Å²) in [6.07, 6.45) is -1.54. The molecule has 0 aliphatic carbocycles. The van der Waals surface area contributed by atoms with Crippen molar-refractivity contribution in [3.63, 3.8) is 0 Å². The van der Waals surface area contributed by atoms with Crippen molar-refractivity contribution < 1.29 is 19.1 Å². The Morgan fingerprint density at radius 2 is 1.37 bits per heavy atom. The molecule has 1 aromatic rings. The number of benzene rings is 1. The molecule has 5 nitrogen and oxygen atoms in total. The normalized spacial score (nSPS) is 10.8. The van der Waals surface area contributed by atoms with Crippen LogP contribution in [0.15, 0.2) is 24.3 Å². The summed E-state index contributed by atoms with van der Waals surface area (Å²) in [5.74, 6) is 0. The molecule has 0 aromatic heterocycles. The van der Waals surface area contributed by atoms with E-state index in [4.69, 9.17) is 0 Å². The number of carbonyl (C=O) groups excluding carboxylic acids is 2. The van der Waals surface area contributed by atoms with Crippen LogP contribution in [0.3, 0.4) is 0 Å². The first-order valence-corrected chi connectivity index (χ1v) is 9.38. The molecule has 1 rings (SSSR count). The molecule has 0 heterocycles. The van der Waals surface area contributed by atoms with Gasteiger partial charge in [-0.05, 0) is 12.1 Å². The van der Waals surface area contributed by atoms with Gasteiger partial charge in [0, 0.05) is 0 Å². The third-order valence-corrected chi connectivity index (χ3v) is 4.77. The van der Waals surface area contributed by atoms with Gasteiger partial charge in [0.2, 0.25) is 0 Å². The summed E-state index contributed by atoms with van der Waals surface area (Å²) in [7, 11) is 1.02. The Bertz CT molecular complexity index is 449. The van der Waals surface area contributed by atoms with Crippen molar-refractivity contribution >= 4 is 31.1 Å². The molecule has 0 saturated carbocycles. The second kappa shape index (κ2) is 5.88. The number of imide groups is 1. The maximum absolute atomic E-state index is 11.6. The van der Waals surface area contributed by atoms with Crippen LogP contribution in [0.4, 0.5) is 15.3 Å². The number of nitrogens with zero attached hydrogens (tertiary/aromatic N) is 1. The first kappa shape index (κ1) is 15.2. The molecule has 0 saturated heterocycles. The highest BCUT2D eigenvalue weighted by atomic mass is 28.3. The lowest BCUT2D eigenvalue weighted by Gasteiger charge is -2.20. The first-order chi connectivity index (χ1) is 8.81. The van der Waals surface area contributed by atoms with Crippen molar-refractivity contribution in [2.75, 3.05) is 19.1 Å². The minimum atomic E-state index is -1.41. The maximum atomic E-state index is 11.6. The van der Waals surface area contributed by atoms with E-state index in [2.05, 4.69) is 29.1 Å². The fourth-order valence-electron chi connectivity index (χ4n) is 1.58. The third-order valence-electron chi connectivity index (χ3n) is 2.71. The Morgan fingerprint density at radius 3 is 1.68 bits per heavy atom. The number of methoxy groups -OCH3 is 2. The van der Waals surface area contributed by atoms with Crippen LogP contribution in [0.1, 0.15) is 0 Å².